The third-order valence-electron chi connectivity index (χ3n) is 5.99. The van der Waals surface area contributed by atoms with Gasteiger partial charge in [-0.25, -0.2) is 0 Å². The van der Waals surface area contributed by atoms with Crippen LogP contribution >= 0.6 is 0 Å². The van der Waals surface area contributed by atoms with Crippen LogP contribution in [0.25, 0.3) is 11.1 Å². The normalized spacial score (nSPS) is 14.6. The van der Waals surface area contributed by atoms with E-state index in [1.54, 1.807) is 29.2 Å². The van der Waals surface area contributed by atoms with Gasteiger partial charge in [-0.3, -0.25) is 24.1 Å². The van der Waals surface area contributed by atoms with Crippen molar-refractivity contribution in [3.63, 3.8) is 0 Å². The summed E-state index contributed by atoms with van der Waals surface area (Å²) < 4.78 is 0. The van der Waals surface area contributed by atoms with Crippen LogP contribution in [0.3, 0.4) is 0 Å². The molecule has 0 radical (unpaired) electrons. The van der Waals surface area contributed by atoms with Crippen LogP contribution < -0.4 is 10.6 Å². The second kappa shape index (κ2) is 9.35. The number of amides is 4. The molecule has 0 aliphatic carbocycles. The van der Waals surface area contributed by atoms with Gasteiger partial charge in [0.15, 0.2) is 0 Å². The zero-order valence-electron chi connectivity index (χ0n) is 19.0. The summed E-state index contributed by atoms with van der Waals surface area (Å²) in [5, 5.41) is 5.22. The van der Waals surface area contributed by atoms with E-state index < -0.39 is 5.91 Å². The lowest BCUT2D eigenvalue weighted by atomic mass is 9.97. The molecule has 1 saturated heterocycles. The van der Waals surface area contributed by atoms with Gasteiger partial charge in [-0.05, 0) is 47.7 Å². The molecule has 2 aromatic carbocycles. The van der Waals surface area contributed by atoms with Gasteiger partial charge in [-0.1, -0.05) is 37.4 Å². The molecule has 8 heteroatoms. The van der Waals surface area contributed by atoms with Gasteiger partial charge >= 0.3 is 0 Å². The van der Waals surface area contributed by atoms with E-state index >= 15 is 0 Å². The minimum Gasteiger partial charge on any atom is -0.337 e. The molecule has 0 unspecified atom stereocenters. The third-order valence-corrected chi connectivity index (χ3v) is 5.99. The van der Waals surface area contributed by atoms with E-state index in [0.29, 0.717) is 24.3 Å². The molecule has 4 rings (SSSR count). The fourth-order valence-corrected chi connectivity index (χ4v) is 4.25. The van der Waals surface area contributed by atoms with E-state index in [-0.39, 0.29) is 35.7 Å². The molecule has 0 bridgehead atoms. The van der Waals surface area contributed by atoms with Crippen LogP contribution in [-0.4, -0.2) is 46.5 Å². The number of nitrogens with zero attached hydrogens (tertiary/aromatic N) is 2. The first kappa shape index (κ1) is 23.0. The second-order valence-corrected chi connectivity index (χ2v) is 8.36. The van der Waals surface area contributed by atoms with Gasteiger partial charge < -0.3 is 15.5 Å². The molecule has 34 heavy (non-hydrogen) atoms. The minimum absolute atomic E-state index is 0.0304. The predicted octanol–water partition coefficient (Wildman–Crippen LogP) is 3.03. The van der Waals surface area contributed by atoms with Crippen LogP contribution in [-0.2, 0) is 20.9 Å². The van der Waals surface area contributed by atoms with Crippen LogP contribution in [0.2, 0.25) is 0 Å². The maximum Gasteiger partial charge on any atom is 0.271 e. The highest BCUT2D eigenvalue weighted by Gasteiger charge is 2.34. The van der Waals surface area contributed by atoms with E-state index in [2.05, 4.69) is 23.8 Å². The van der Waals surface area contributed by atoms with E-state index in [4.69, 9.17) is 0 Å². The zero-order chi connectivity index (χ0) is 24.4. The summed E-state index contributed by atoms with van der Waals surface area (Å²) >= 11 is 0. The van der Waals surface area contributed by atoms with Crippen LogP contribution in [0.1, 0.15) is 35.7 Å². The first-order valence-corrected chi connectivity index (χ1v) is 11.1. The number of carbonyl (C=O) groups excluding carboxylic acids is 4. The van der Waals surface area contributed by atoms with E-state index in [1.807, 2.05) is 18.2 Å². The van der Waals surface area contributed by atoms with E-state index in [1.165, 1.54) is 11.8 Å². The molecular formula is C26H26N4O4. The minimum atomic E-state index is -0.639. The molecule has 0 aromatic heterocycles. The molecule has 0 saturated carbocycles. The summed E-state index contributed by atoms with van der Waals surface area (Å²) in [5.41, 5.74) is 3.59. The third kappa shape index (κ3) is 4.47. The number of carbonyl (C=O) groups is 4. The van der Waals surface area contributed by atoms with Gasteiger partial charge in [0.2, 0.25) is 5.91 Å². The molecule has 2 aliphatic rings. The number of benzene rings is 2. The number of fused-ring (bicyclic) bond motifs is 1. The van der Waals surface area contributed by atoms with Gasteiger partial charge in [0, 0.05) is 31.3 Å². The molecule has 1 fully saturated rings. The zero-order valence-corrected chi connectivity index (χ0v) is 19.0. The standard InChI is InChI=1S/C26H26N4O4/c1-16(25(33)29-13-4-5-14-29)27-24(32)17(2)30-15-23-21(7-6-8-22(23)26(30)34)19-9-11-20(12-10-19)28-18(3)31/h6-12H,1-2,4-5,13-15H2,3H3,(H,27,32)(H,28,31). The summed E-state index contributed by atoms with van der Waals surface area (Å²) in [5.74, 6) is -1.45. The Hall–Kier alpha value is -4.20. The lowest BCUT2D eigenvalue weighted by Gasteiger charge is -2.20. The van der Waals surface area contributed by atoms with E-state index in [9.17, 15) is 19.2 Å². The molecule has 2 heterocycles. The Morgan fingerprint density at radius 2 is 1.59 bits per heavy atom. The van der Waals surface area contributed by atoms with Crippen molar-refractivity contribution in [3.05, 3.63) is 78.1 Å². The monoisotopic (exact) mass is 458 g/mol. The van der Waals surface area contributed by atoms with Crippen molar-refractivity contribution in [2.24, 2.45) is 0 Å². The summed E-state index contributed by atoms with van der Waals surface area (Å²) in [7, 11) is 0. The Labute approximate surface area is 197 Å². The van der Waals surface area contributed by atoms with Crippen LogP contribution in [0.4, 0.5) is 5.69 Å². The van der Waals surface area contributed by atoms with Gasteiger partial charge in [0.25, 0.3) is 17.7 Å². The number of hydrogen-bond acceptors (Lipinski definition) is 4. The van der Waals surface area contributed by atoms with Gasteiger partial charge in [-0.15, -0.1) is 0 Å². The van der Waals surface area contributed by atoms with Gasteiger partial charge in [0.05, 0.1) is 12.2 Å². The Balaban J connectivity index is 1.49. The second-order valence-electron chi connectivity index (χ2n) is 8.36. The molecule has 8 nitrogen and oxygen atoms in total. The van der Waals surface area contributed by atoms with Crippen LogP contribution in [0.5, 0.6) is 0 Å². The van der Waals surface area contributed by atoms with Crippen molar-refractivity contribution < 1.29 is 19.2 Å². The summed E-state index contributed by atoms with van der Waals surface area (Å²) in [6.07, 6.45) is 1.86. The van der Waals surface area contributed by atoms with Crippen molar-refractivity contribution >= 4 is 29.3 Å². The van der Waals surface area contributed by atoms with Crippen molar-refractivity contribution in [1.82, 2.24) is 15.1 Å². The highest BCUT2D eigenvalue weighted by Crippen LogP contribution is 2.34. The summed E-state index contributed by atoms with van der Waals surface area (Å²) in [6, 6.07) is 12.7. The van der Waals surface area contributed by atoms with E-state index in [0.717, 1.165) is 29.5 Å². The number of hydrogen-bond donors (Lipinski definition) is 2. The Morgan fingerprint density at radius 1 is 0.941 bits per heavy atom. The fraction of sp³-hybridized carbons (Fsp3) is 0.231. The Kier molecular flexibility index (Phi) is 6.32. The topological polar surface area (TPSA) is 98.8 Å². The van der Waals surface area contributed by atoms with Crippen molar-refractivity contribution in [1.29, 1.82) is 0 Å². The molecule has 0 spiro atoms. The smallest absolute Gasteiger partial charge is 0.271 e. The molecule has 2 aromatic rings. The maximum absolute atomic E-state index is 13.1. The molecule has 174 valence electrons. The highest BCUT2D eigenvalue weighted by atomic mass is 16.2. The summed E-state index contributed by atoms with van der Waals surface area (Å²) in [6.45, 7) is 10.4. The first-order chi connectivity index (χ1) is 16.3. The molecular weight excluding hydrogens is 432 g/mol. The van der Waals surface area contributed by atoms with Crippen molar-refractivity contribution in [2.75, 3.05) is 18.4 Å². The largest absolute Gasteiger partial charge is 0.337 e. The maximum atomic E-state index is 13.1. The molecule has 2 aliphatic heterocycles. The highest BCUT2D eigenvalue weighted by molar-refractivity contribution is 6.08. The average molecular weight is 459 g/mol. The average Bonchev–Trinajstić information content (AvgIpc) is 3.47. The van der Waals surface area contributed by atoms with Crippen molar-refractivity contribution in [3.8, 4) is 11.1 Å². The number of nitrogens with one attached hydrogen (secondary N) is 2. The van der Waals surface area contributed by atoms with Crippen LogP contribution in [0.15, 0.2) is 67.0 Å². The quantitative estimate of drug-likeness (QED) is 0.650. The van der Waals surface area contributed by atoms with Crippen molar-refractivity contribution in [2.45, 2.75) is 26.3 Å². The Bertz CT molecular complexity index is 1210. The molecule has 2 N–H and O–H groups in total. The van der Waals surface area contributed by atoms with Gasteiger partial charge in [0.1, 0.15) is 5.70 Å². The SMILES string of the molecule is C=C(NC(=O)C(=C)N1Cc2c(cccc2-c2ccc(NC(C)=O)cc2)C1=O)C(=O)N1CCCC1. The first-order valence-electron chi connectivity index (χ1n) is 11.1. The Morgan fingerprint density at radius 3 is 2.24 bits per heavy atom. The lowest BCUT2D eigenvalue weighted by molar-refractivity contribution is -0.128. The fourth-order valence-electron chi connectivity index (χ4n) is 4.25. The van der Waals surface area contributed by atoms with Gasteiger partial charge in [-0.2, -0.15) is 0 Å². The lowest BCUT2D eigenvalue weighted by Crippen LogP contribution is -2.39. The molecule has 4 amide bonds. The number of likely N-dealkylation sites (tertiary alicyclic amines) is 1. The number of rotatable bonds is 6. The summed E-state index contributed by atoms with van der Waals surface area (Å²) in [4.78, 5) is 52.5. The number of anilines is 1. The van der Waals surface area contributed by atoms with Crippen LogP contribution in [0, 0.1) is 0 Å². The molecule has 0 atom stereocenters. The predicted molar refractivity (Wildman–Crippen MR) is 128 cm³/mol.